The van der Waals surface area contributed by atoms with Crippen LogP contribution in [-0.2, 0) is 5.41 Å². The van der Waals surface area contributed by atoms with E-state index in [1.165, 1.54) is 6.07 Å². The summed E-state index contributed by atoms with van der Waals surface area (Å²) in [7, 11) is 0. The van der Waals surface area contributed by atoms with E-state index < -0.39 is 5.69 Å². The summed E-state index contributed by atoms with van der Waals surface area (Å²) in [6, 6.07) is 7.52. The Bertz CT molecular complexity index is 690. The molecule has 4 nitrogen and oxygen atoms in total. The zero-order valence-corrected chi connectivity index (χ0v) is 11.6. The van der Waals surface area contributed by atoms with Gasteiger partial charge in [-0.3, -0.25) is 9.78 Å². The largest absolute Gasteiger partial charge is 0.326 e. The molecule has 0 atom stereocenters. The molecule has 0 aliphatic heterocycles. The normalized spacial score (nSPS) is 11.6. The molecule has 0 unspecified atom stereocenters. The lowest BCUT2D eigenvalue weighted by Crippen LogP contribution is -2.21. The second kappa shape index (κ2) is 4.53. The Morgan fingerprint density at radius 3 is 2.26 bits per heavy atom. The molecule has 1 aromatic carbocycles. The number of nitrogens with one attached hydrogen (secondary N) is 2. The van der Waals surface area contributed by atoms with E-state index in [9.17, 15) is 9.59 Å². The van der Waals surface area contributed by atoms with Gasteiger partial charge in [0.2, 0.25) is 0 Å². The van der Waals surface area contributed by atoms with E-state index in [0.29, 0.717) is 5.69 Å². The SMILES string of the molecule is Cc1ccc(C(C)(C)C)cc1-c1cc(=O)[nH]c(=O)[nH]1. The van der Waals surface area contributed by atoms with Gasteiger partial charge < -0.3 is 4.98 Å². The van der Waals surface area contributed by atoms with Gasteiger partial charge in [0.15, 0.2) is 0 Å². The summed E-state index contributed by atoms with van der Waals surface area (Å²) in [5.74, 6) is 0. The summed E-state index contributed by atoms with van der Waals surface area (Å²) in [5.41, 5.74) is 2.77. The van der Waals surface area contributed by atoms with E-state index >= 15 is 0 Å². The highest BCUT2D eigenvalue weighted by atomic mass is 16.2. The predicted octanol–water partition coefficient (Wildman–Crippen LogP) is 2.34. The van der Waals surface area contributed by atoms with Gasteiger partial charge in [0.05, 0.1) is 5.69 Å². The second-order valence-corrected chi connectivity index (χ2v) is 5.78. The molecule has 0 bridgehead atoms. The lowest BCUT2D eigenvalue weighted by Gasteiger charge is -2.20. The first-order valence-electron chi connectivity index (χ1n) is 6.22. The Hall–Kier alpha value is -2.10. The third kappa shape index (κ3) is 2.84. The Morgan fingerprint density at radius 2 is 1.68 bits per heavy atom. The van der Waals surface area contributed by atoms with E-state index in [-0.39, 0.29) is 11.0 Å². The molecule has 4 heteroatoms. The number of aromatic nitrogens is 2. The third-order valence-electron chi connectivity index (χ3n) is 3.15. The number of rotatable bonds is 1. The Kier molecular flexibility index (Phi) is 3.18. The minimum absolute atomic E-state index is 0.0178. The van der Waals surface area contributed by atoms with Crippen LogP contribution in [0.3, 0.4) is 0 Å². The van der Waals surface area contributed by atoms with Crippen LogP contribution in [0.1, 0.15) is 31.9 Å². The van der Waals surface area contributed by atoms with Gasteiger partial charge in [-0.05, 0) is 29.5 Å². The molecule has 2 N–H and O–H groups in total. The molecule has 0 radical (unpaired) electrons. The first-order valence-corrected chi connectivity index (χ1v) is 6.22. The van der Waals surface area contributed by atoms with Crippen LogP contribution < -0.4 is 11.2 Å². The van der Waals surface area contributed by atoms with Crippen molar-refractivity contribution in [1.29, 1.82) is 0 Å². The van der Waals surface area contributed by atoms with Gasteiger partial charge in [0.25, 0.3) is 5.56 Å². The fourth-order valence-electron chi connectivity index (χ4n) is 1.99. The summed E-state index contributed by atoms with van der Waals surface area (Å²) in [6.07, 6.45) is 0. The summed E-state index contributed by atoms with van der Waals surface area (Å²) in [6.45, 7) is 8.34. The van der Waals surface area contributed by atoms with Gasteiger partial charge in [0, 0.05) is 11.6 Å². The first-order chi connectivity index (χ1) is 8.77. The van der Waals surface area contributed by atoms with Gasteiger partial charge in [-0.2, -0.15) is 0 Å². The van der Waals surface area contributed by atoms with Crippen LogP contribution in [0, 0.1) is 6.92 Å². The van der Waals surface area contributed by atoms with Gasteiger partial charge >= 0.3 is 5.69 Å². The molecule has 0 aliphatic rings. The molecule has 0 saturated carbocycles. The fraction of sp³-hybridized carbons (Fsp3) is 0.333. The van der Waals surface area contributed by atoms with E-state index in [0.717, 1.165) is 16.7 Å². The quantitative estimate of drug-likeness (QED) is 0.824. The molecular formula is C15H18N2O2. The third-order valence-corrected chi connectivity index (χ3v) is 3.15. The maximum atomic E-state index is 11.4. The van der Waals surface area contributed by atoms with Crippen molar-refractivity contribution in [3.8, 4) is 11.3 Å². The first kappa shape index (κ1) is 13.3. The lowest BCUT2D eigenvalue weighted by molar-refractivity contribution is 0.590. The van der Waals surface area contributed by atoms with Crippen molar-refractivity contribution >= 4 is 0 Å². The average molecular weight is 258 g/mol. The number of hydrogen-bond acceptors (Lipinski definition) is 2. The van der Waals surface area contributed by atoms with Gasteiger partial charge in [-0.15, -0.1) is 0 Å². The number of aromatic amines is 2. The topological polar surface area (TPSA) is 65.7 Å². The molecule has 1 aromatic heterocycles. The highest BCUT2D eigenvalue weighted by molar-refractivity contribution is 5.64. The molecule has 19 heavy (non-hydrogen) atoms. The van der Waals surface area contributed by atoms with Gasteiger partial charge in [-0.25, -0.2) is 4.79 Å². The molecular weight excluding hydrogens is 240 g/mol. The lowest BCUT2D eigenvalue weighted by atomic mass is 9.85. The second-order valence-electron chi connectivity index (χ2n) is 5.78. The molecule has 0 fully saturated rings. The number of hydrogen-bond donors (Lipinski definition) is 2. The maximum Gasteiger partial charge on any atom is 0.326 e. The molecule has 0 spiro atoms. The van der Waals surface area contributed by atoms with Crippen LogP contribution in [-0.4, -0.2) is 9.97 Å². The van der Waals surface area contributed by atoms with Crippen LogP contribution in [0.15, 0.2) is 33.9 Å². The standard InChI is InChI=1S/C15H18N2O2/c1-9-5-6-10(15(2,3)4)7-11(9)12-8-13(18)17-14(19)16-12/h5-8H,1-4H3,(H2,16,17,18,19). The van der Waals surface area contributed by atoms with E-state index in [1.807, 2.05) is 19.1 Å². The van der Waals surface area contributed by atoms with E-state index in [2.05, 4.69) is 36.8 Å². The van der Waals surface area contributed by atoms with Crippen LogP contribution in [0.25, 0.3) is 11.3 Å². The van der Waals surface area contributed by atoms with Crippen molar-refractivity contribution < 1.29 is 0 Å². The zero-order valence-electron chi connectivity index (χ0n) is 11.6. The van der Waals surface area contributed by atoms with Crippen molar-refractivity contribution in [3.05, 3.63) is 56.2 Å². The van der Waals surface area contributed by atoms with Gasteiger partial charge in [0.1, 0.15) is 0 Å². The summed E-state index contributed by atoms with van der Waals surface area (Å²) in [5, 5.41) is 0. The summed E-state index contributed by atoms with van der Waals surface area (Å²) < 4.78 is 0. The minimum atomic E-state index is -0.483. The van der Waals surface area contributed by atoms with Crippen LogP contribution in [0.5, 0.6) is 0 Å². The van der Waals surface area contributed by atoms with Crippen molar-refractivity contribution in [1.82, 2.24) is 9.97 Å². The van der Waals surface area contributed by atoms with Crippen LogP contribution in [0.4, 0.5) is 0 Å². The number of benzene rings is 1. The maximum absolute atomic E-state index is 11.4. The smallest absolute Gasteiger partial charge is 0.307 e. The van der Waals surface area contributed by atoms with Crippen molar-refractivity contribution in [2.24, 2.45) is 0 Å². The Morgan fingerprint density at radius 1 is 1.00 bits per heavy atom. The molecule has 100 valence electrons. The summed E-state index contributed by atoms with van der Waals surface area (Å²) in [4.78, 5) is 27.6. The van der Waals surface area contributed by atoms with Crippen molar-refractivity contribution in [3.63, 3.8) is 0 Å². The minimum Gasteiger partial charge on any atom is -0.307 e. The molecule has 0 saturated heterocycles. The fourth-order valence-corrected chi connectivity index (χ4v) is 1.99. The average Bonchev–Trinajstić information content (AvgIpc) is 2.26. The van der Waals surface area contributed by atoms with Crippen molar-refractivity contribution in [2.75, 3.05) is 0 Å². The number of H-pyrrole nitrogens is 2. The van der Waals surface area contributed by atoms with E-state index in [4.69, 9.17) is 0 Å². The summed E-state index contributed by atoms with van der Waals surface area (Å²) >= 11 is 0. The molecule has 1 heterocycles. The number of aryl methyl sites for hydroxylation is 1. The highest BCUT2D eigenvalue weighted by Crippen LogP contribution is 2.28. The molecule has 0 aliphatic carbocycles. The van der Waals surface area contributed by atoms with Crippen LogP contribution >= 0.6 is 0 Å². The van der Waals surface area contributed by atoms with Crippen LogP contribution in [0.2, 0.25) is 0 Å². The molecule has 2 rings (SSSR count). The monoisotopic (exact) mass is 258 g/mol. The zero-order chi connectivity index (χ0) is 14.2. The Labute approximate surface area is 111 Å². The Balaban J connectivity index is 2.68. The van der Waals surface area contributed by atoms with Crippen molar-refractivity contribution in [2.45, 2.75) is 33.1 Å². The molecule has 0 amide bonds. The van der Waals surface area contributed by atoms with E-state index in [1.54, 1.807) is 0 Å². The van der Waals surface area contributed by atoms with Gasteiger partial charge in [-0.1, -0.05) is 32.9 Å². The predicted molar refractivity (Wildman–Crippen MR) is 76.6 cm³/mol. The molecule has 2 aromatic rings. The highest BCUT2D eigenvalue weighted by Gasteiger charge is 2.15.